The van der Waals surface area contributed by atoms with E-state index in [0.717, 1.165) is 51.4 Å². The number of nitrogens with one attached hydrogen (secondary N) is 1. The van der Waals surface area contributed by atoms with Gasteiger partial charge < -0.3 is 14.3 Å². The topological polar surface area (TPSA) is 73.2 Å². The fraction of sp³-hybridized carbons (Fsp3) is 0.417. The van der Waals surface area contributed by atoms with Gasteiger partial charge in [-0.2, -0.15) is 0 Å². The van der Waals surface area contributed by atoms with Gasteiger partial charge in [0.25, 0.3) is 14.2 Å². The van der Waals surface area contributed by atoms with Crippen molar-refractivity contribution in [3.8, 4) is 0 Å². The molecule has 7 heteroatoms. The Hall–Kier alpha value is -3.55. The van der Waals surface area contributed by atoms with E-state index in [-0.39, 0.29) is 40.1 Å². The smallest absolute Gasteiger partial charge is 0.261 e. The molecular formula is C36H43N3O3Si. The van der Waals surface area contributed by atoms with Crippen molar-refractivity contribution in [3.63, 3.8) is 0 Å². The molecule has 2 aromatic carbocycles. The summed E-state index contributed by atoms with van der Waals surface area (Å²) in [5.41, 5.74) is 0.637. The molecule has 0 radical (unpaired) electrons. The Bertz CT molecular complexity index is 1580. The molecule has 2 aromatic heterocycles. The van der Waals surface area contributed by atoms with Crippen LogP contribution in [0.4, 0.5) is 0 Å². The second kappa shape index (κ2) is 12.2. The number of aromatic nitrogens is 2. The van der Waals surface area contributed by atoms with Crippen molar-refractivity contribution < 1.29 is 9.22 Å². The van der Waals surface area contributed by atoms with E-state index in [1.807, 2.05) is 0 Å². The first kappa shape index (κ1) is 29.5. The predicted molar refractivity (Wildman–Crippen MR) is 176 cm³/mol. The van der Waals surface area contributed by atoms with Gasteiger partial charge in [-0.05, 0) is 66.1 Å². The Morgan fingerprint density at radius 1 is 0.860 bits per heavy atom. The van der Waals surface area contributed by atoms with Crippen molar-refractivity contribution in [2.75, 3.05) is 0 Å². The van der Waals surface area contributed by atoms with E-state index in [1.165, 1.54) is 10.4 Å². The fourth-order valence-electron chi connectivity index (χ4n) is 7.34. The molecule has 43 heavy (non-hydrogen) atoms. The van der Waals surface area contributed by atoms with Crippen LogP contribution in [0, 0.1) is 0 Å². The Morgan fingerprint density at radius 2 is 1.47 bits per heavy atom. The minimum absolute atomic E-state index is 0.0764. The van der Waals surface area contributed by atoms with E-state index in [4.69, 9.17) is 4.43 Å². The molecule has 0 spiro atoms. The van der Waals surface area contributed by atoms with Crippen molar-refractivity contribution in [2.45, 2.75) is 95.4 Å². The summed E-state index contributed by atoms with van der Waals surface area (Å²) < 4.78 is 9.54. The number of benzene rings is 2. The van der Waals surface area contributed by atoms with Gasteiger partial charge in [-0.3, -0.25) is 9.59 Å². The lowest BCUT2D eigenvalue weighted by molar-refractivity contribution is 0.0935. The Morgan fingerprint density at radius 3 is 2.05 bits per heavy atom. The van der Waals surface area contributed by atoms with Crippen molar-refractivity contribution >= 4 is 35.6 Å². The normalized spacial score (nSPS) is 19.9. The van der Waals surface area contributed by atoms with Crippen LogP contribution in [0.15, 0.2) is 90.0 Å². The predicted octanol–water partition coefficient (Wildman–Crippen LogP) is 6.13. The van der Waals surface area contributed by atoms with Crippen LogP contribution in [0.2, 0.25) is 5.04 Å². The lowest BCUT2D eigenvalue weighted by Crippen LogP contribution is -2.67. The maximum absolute atomic E-state index is 13.4. The number of pyridine rings is 2. The third-order valence-corrected chi connectivity index (χ3v) is 14.6. The Labute approximate surface area is 255 Å². The average Bonchev–Trinajstić information content (AvgIpc) is 3.54. The highest BCUT2D eigenvalue weighted by atomic mass is 28.4. The van der Waals surface area contributed by atoms with E-state index in [9.17, 15) is 9.59 Å². The van der Waals surface area contributed by atoms with Gasteiger partial charge >= 0.3 is 0 Å². The first-order chi connectivity index (χ1) is 20.8. The summed E-state index contributed by atoms with van der Waals surface area (Å²) in [7, 11) is -2.64. The average molecular weight is 594 g/mol. The van der Waals surface area contributed by atoms with E-state index >= 15 is 0 Å². The number of carbonyl (C=O) groups is 1. The zero-order chi connectivity index (χ0) is 30.0. The van der Waals surface area contributed by atoms with Gasteiger partial charge in [-0.15, -0.1) is 0 Å². The largest absolute Gasteiger partial charge is 0.404 e. The van der Waals surface area contributed by atoms with Crippen LogP contribution in [0.25, 0.3) is 11.0 Å². The second-order valence-corrected chi connectivity index (χ2v) is 17.6. The molecule has 2 heterocycles. The van der Waals surface area contributed by atoms with E-state index < -0.39 is 8.32 Å². The quantitative estimate of drug-likeness (QED) is 0.262. The van der Waals surface area contributed by atoms with Crippen LogP contribution < -0.4 is 21.1 Å². The Kier molecular flexibility index (Phi) is 8.38. The number of nitrogens with zero attached hydrogens (tertiary/aromatic N) is 2. The lowest BCUT2D eigenvalue weighted by Gasteiger charge is -2.46. The molecule has 2 aliphatic rings. The molecule has 2 saturated carbocycles. The summed E-state index contributed by atoms with van der Waals surface area (Å²) in [5.74, 6) is -0.264. The van der Waals surface area contributed by atoms with Crippen molar-refractivity contribution in [2.24, 2.45) is 0 Å². The maximum atomic E-state index is 13.4. The van der Waals surface area contributed by atoms with Crippen LogP contribution in [0.5, 0.6) is 0 Å². The summed E-state index contributed by atoms with van der Waals surface area (Å²) >= 11 is 0. The minimum Gasteiger partial charge on any atom is -0.404 e. The van der Waals surface area contributed by atoms with Gasteiger partial charge in [0.1, 0.15) is 11.2 Å². The third kappa shape index (κ3) is 5.73. The summed E-state index contributed by atoms with van der Waals surface area (Å²) in [4.78, 5) is 31.4. The molecule has 2 fully saturated rings. The summed E-state index contributed by atoms with van der Waals surface area (Å²) in [6.45, 7) is 6.96. The zero-order valence-electron chi connectivity index (χ0n) is 25.6. The number of hydrogen-bond acceptors (Lipinski definition) is 4. The van der Waals surface area contributed by atoms with Gasteiger partial charge in [-0.25, -0.2) is 4.98 Å². The van der Waals surface area contributed by atoms with E-state index in [0.29, 0.717) is 11.0 Å². The minimum atomic E-state index is -2.64. The molecule has 0 bridgehead atoms. The molecule has 1 amide bonds. The fourth-order valence-corrected chi connectivity index (χ4v) is 12.1. The number of carbonyl (C=O) groups excluding carboxylic acids is 1. The number of fused-ring (bicyclic) bond motifs is 1. The van der Waals surface area contributed by atoms with Gasteiger partial charge in [0.15, 0.2) is 0 Å². The molecule has 0 unspecified atom stereocenters. The first-order valence-corrected chi connectivity index (χ1v) is 17.8. The van der Waals surface area contributed by atoms with Gasteiger partial charge in [0, 0.05) is 30.6 Å². The van der Waals surface area contributed by atoms with Gasteiger partial charge in [-0.1, -0.05) is 94.3 Å². The van der Waals surface area contributed by atoms with Crippen molar-refractivity contribution in [3.05, 3.63) is 101 Å². The SMILES string of the molecule is CC(C)(C)[Si](OC1CCC(n2cc(C(=O)NC3CCCC3)c(=O)c3cccnc32)CC1)(c1ccccc1)c1ccccc1. The van der Waals surface area contributed by atoms with Crippen molar-refractivity contribution in [1.29, 1.82) is 0 Å². The molecule has 224 valence electrons. The van der Waals surface area contributed by atoms with Crippen LogP contribution in [0.1, 0.15) is 88.5 Å². The highest BCUT2D eigenvalue weighted by Gasteiger charge is 2.51. The molecule has 0 aliphatic heterocycles. The van der Waals surface area contributed by atoms with Gasteiger partial charge in [0.2, 0.25) is 5.43 Å². The molecule has 0 atom stereocenters. The van der Waals surface area contributed by atoms with E-state index in [1.54, 1.807) is 24.5 Å². The third-order valence-electron chi connectivity index (χ3n) is 9.52. The van der Waals surface area contributed by atoms with Crippen molar-refractivity contribution in [1.82, 2.24) is 14.9 Å². The second-order valence-electron chi connectivity index (χ2n) is 13.3. The maximum Gasteiger partial charge on any atom is 0.261 e. The Balaban J connectivity index is 1.29. The molecule has 1 N–H and O–H groups in total. The molecule has 6 nitrogen and oxygen atoms in total. The monoisotopic (exact) mass is 593 g/mol. The molecular weight excluding hydrogens is 551 g/mol. The highest BCUT2D eigenvalue weighted by Crippen LogP contribution is 2.40. The van der Waals surface area contributed by atoms with Crippen LogP contribution in [0.3, 0.4) is 0 Å². The summed E-state index contributed by atoms with van der Waals surface area (Å²) in [5, 5.41) is 6.14. The van der Waals surface area contributed by atoms with Gasteiger partial charge in [0.05, 0.1) is 5.39 Å². The standard InChI is InChI=1S/C36H43N3O3Si/c1-36(2,3)43(29-15-6-4-7-16-29,30-17-8-5-9-18-30)42-28-22-20-27(21-23-28)39-25-32(35(41)38-26-13-10-11-14-26)33(40)31-19-12-24-37-34(31)39/h4-9,12,15-19,24-28H,10-11,13-14,20-23H2,1-3H3,(H,38,41). The number of amides is 1. The molecule has 6 rings (SSSR count). The molecule has 4 aromatic rings. The molecule has 2 aliphatic carbocycles. The molecule has 0 saturated heterocycles. The zero-order valence-corrected chi connectivity index (χ0v) is 26.6. The van der Waals surface area contributed by atoms with Crippen LogP contribution in [-0.4, -0.2) is 35.9 Å². The lowest BCUT2D eigenvalue weighted by atomic mass is 9.92. The summed E-state index contributed by atoms with van der Waals surface area (Å²) in [6, 6.07) is 25.5. The van der Waals surface area contributed by atoms with Crippen LogP contribution in [-0.2, 0) is 4.43 Å². The van der Waals surface area contributed by atoms with Crippen LogP contribution >= 0.6 is 0 Å². The van der Waals surface area contributed by atoms with E-state index in [2.05, 4.69) is 96.3 Å². The number of rotatable bonds is 7. The number of hydrogen-bond donors (Lipinski definition) is 1. The first-order valence-electron chi connectivity index (χ1n) is 15.9. The highest BCUT2D eigenvalue weighted by molar-refractivity contribution is 6.99. The summed E-state index contributed by atoms with van der Waals surface area (Å²) in [6.07, 6.45) is 11.4.